The van der Waals surface area contributed by atoms with E-state index in [4.69, 9.17) is 0 Å². The highest BCUT2D eigenvalue weighted by Crippen LogP contribution is 2.22. The van der Waals surface area contributed by atoms with Gasteiger partial charge in [-0.2, -0.15) is 0 Å². The number of carbonyl (C=O) groups is 1. The molecule has 0 spiro atoms. The van der Waals surface area contributed by atoms with E-state index in [0.29, 0.717) is 5.92 Å². The normalized spacial score (nSPS) is 15.0. The van der Waals surface area contributed by atoms with Crippen LogP contribution in [0.15, 0.2) is 12.1 Å². The Hall–Kier alpha value is -1.25. The third kappa shape index (κ3) is 1.86. The summed E-state index contributed by atoms with van der Waals surface area (Å²) in [5.74, 6) is 0.531. The Balaban J connectivity index is 2.19. The van der Waals surface area contributed by atoms with Gasteiger partial charge >= 0.3 is 6.03 Å². The van der Waals surface area contributed by atoms with Crippen LogP contribution in [0.2, 0.25) is 0 Å². The lowest BCUT2D eigenvalue weighted by Crippen LogP contribution is -2.30. The minimum absolute atomic E-state index is 0.164. The van der Waals surface area contributed by atoms with Crippen molar-refractivity contribution < 1.29 is 4.79 Å². The van der Waals surface area contributed by atoms with Crippen LogP contribution in [0.25, 0.3) is 0 Å². The molecular formula is C13H20N2O. The summed E-state index contributed by atoms with van der Waals surface area (Å²) in [5.41, 5.74) is 2.31. The molecule has 3 nitrogen and oxygen atoms in total. The number of amides is 1. The summed E-state index contributed by atoms with van der Waals surface area (Å²) < 4.78 is 1.89. The van der Waals surface area contributed by atoms with Crippen LogP contribution in [0.5, 0.6) is 0 Å². The molecule has 2 heterocycles. The number of fused-ring (bicyclic) bond motifs is 1. The van der Waals surface area contributed by atoms with E-state index in [1.54, 1.807) is 0 Å². The van der Waals surface area contributed by atoms with Crippen LogP contribution < -0.4 is 0 Å². The second-order valence-corrected chi connectivity index (χ2v) is 4.96. The first-order chi connectivity index (χ1) is 7.63. The summed E-state index contributed by atoms with van der Waals surface area (Å²) >= 11 is 0. The van der Waals surface area contributed by atoms with Crippen molar-refractivity contribution in [1.82, 2.24) is 9.47 Å². The van der Waals surface area contributed by atoms with Gasteiger partial charge in [0.2, 0.25) is 0 Å². The van der Waals surface area contributed by atoms with Gasteiger partial charge in [0, 0.05) is 17.9 Å². The second kappa shape index (κ2) is 4.32. The minimum Gasteiger partial charge on any atom is -0.318 e. The number of hydrogen-bond acceptors (Lipinski definition) is 1. The van der Waals surface area contributed by atoms with Gasteiger partial charge in [0.25, 0.3) is 0 Å². The van der Waals surface area contributed by atoms with Gasteiger partial charge in [0.05, 0.1) is 6.54 Å². The summed E-state index contributed by atoms with van der Waals surface area (Å²) in [6.45, 7) is 8.07. The maximum Gasteiger partial charge on any atom is 0.329 e. The van der Waals surface area contributed by atoms with Crippen molar-refractivity contribution in [2.24, 2.45) is 5.92 Å². The Bertz CT molecular complexity index is 393. The lowest BCUT2D eigenvalue weighted by molar-refractivity contribution is 0.202. The van der Waals surface area contributed by atoms with Crippen LogP contribution in [0, 0.1) is 5.92 Å². The van der Waals surface area contributed by atoms with Crippen LogP contribution in [-0.2, 0) is 13.0 Å². The predicted molar refractivity (Wildman–Crippen MR) is 64.5 cm³/mol. The standard InChI is InChI=1S/C13H20N2O/c1-4-5-11-6-7-12-9-14(8-10(2)3)13(16)15(11)12/h6-7,10H,4-5,8-9H2,1-3H3. The zero-order chi connectivity index (χ0) is 11.7. The molecule has 1 aromatic heterocycles. The first-order valence-electron chi connectivity index (χ1n) is 6.12. The molecule has 2 rings (SSSR count). The summed E-state index contributed by atoms with van der Waals surface area (Å²) in [5, 5.41) is 0. The number of hydrogen-bond donors (Lipinski definition) is 0. The summed E-state index contributed by atoms with van der Waals surface area (Å²) in [6.07, 6.45) is 2.07. The van der Waals surface area contributed by atoms with Crippen molar-refractivity contribution in [3.63, 3.8) is 0 Å². The minimum atomic E-state index is 0.164. The zero-order valence-corrected chi connectivity index (χ0v) is 10.4. The van der Waals surface area contributed by atoms with Crippen LogP contribution >= 0.6 is 0 Å². The van der Waals surface area contributed by atoms with Crippen molar-refractivity contribution in [2.45, 2.75) is 40.2 Å². The van der Waals surface area contributed by atoms with E-state index in [1.807, 2.05) is 9.47 Å². The Morgan fingerprint density at radius 2 is 2.12 bits per heavy atom. The highest BCUT2D eigenvalue weighted by atomic mass is 16.2. The smallest absolute Gasteiger partial charge is 0.318 e. The number of nitrogens with zero attached hydrogens (tertiary/aromatic N) is 2. The van der Waals surface area contributed by atoms with Gasteiger partial charge < -0.3 is 4.90 Å². The van der Waals surface area contributed by atoms with Gasteiger partial charge in [-0.25, -0.2) is 4.79 Å². The maximum absolute atomic E-state index is 12.2. The van der Waals surface area contributed by atoms with E-state index in [0.717, 1.165) is 37.3 Å². The van der Waals surface area contributed by atoms with Crippen LogP contribution in [-0.4, -0.2) is 22.0 Å². The Labute approximate surface area is 97.1 Å². The van der Waals surface area contributed by atoms with E-state index in [1.165, 1.54) is 0 Å². The quantitative estimate of drug-likeness (QED) is 0.766. The van der Waals surface area contributed by atoms with Crippen LogP contribution in [0.4, 0.5) is 4.79 Å². The Morgan fingerprint density at radius 3 is 2.75 bits per heavy atom. The molecule has 1 aliphatic heterocycles. The lowest BCUT2D eigenvalue weighted by Gasteiger charge is -2.17. The molecule has 0 fully saturated rings. The topological polar surface area (TPSA) is 25.2 Å². The average Bonchev–Trinajstić information content (AvgIpc) is 2.71. The van der Waals surface area contributed by atoms with Crippen molar-refractivity contribution >= 4 is 6.03 Å². The molecule has 0 radical (unpaired) electrons. The van der Waals surface area contributed by atoms with E-state index < -0.39 is 0 Å². The molecule has 0 atom stereocenters. The summed E-state index contributed by atoms with van der Waals surface area (Å²) in [7, 11) is 0. The fourth-order valence-corrected chi connectivity index (χ4v) is 2.33. The van der Waals surface area contributed by atoms with Gasteiger partial charge in [0.15, 0.2) is 0 Å². The molecule has 1 aliphatic rings. The average molecular weight is 220 g/mol. The molecule has 16 heavy (non-hydrogen) atoms. The molecule has 3 heteroatoms. The predicted octanol–water partition coefficient (Wildman–Crippen LogP) is 2.88. The second-order valence-electron chi connectivity index (χ2n) is 4.96. The van der Waals surface area contributed by atoms with Crippen molar-refractivity contribution in [1.29, 1.82) is 0 Å². The number of aryl methyl sites for hydroxylation is 1. The third-order valence-corrected chi connectivity index (χ3v) is 2.95. The fraction of sp³-hybridized carbons (Fsp3) is 0.615. The van der Waals surface area contributed by atoms with Gasteiger partial charge in [-0.3, -0.25) is 4.57 Å². The number of carbonyl (C=O) groups excluding carboxylic acids is 1. The van der Waals surface area contributed by atoms with Gasteiger partial charge in [-0.05, 0) is 24.5 Å². The first-order valence-corrected chi connectivity index (χ1v) is 6.12. The van der Waals surface area contributed by atoms with Crippen molar-refractivity contribution in [2.75, 3.05) is 6.54 Å². The highest BCUT2D eigenvalue weighted by molar-refractivity contribution is 5.81. The molecule has 88 valence electrons. The van der Waals surface area contributed by atoms with E-state index >= 15 is 0 Å². The number of rotatable bonds is 4. The molecule has 0 aliphatic carbocycles. The monoisotopic (exact) mass is 220 g/mol. The van der Waals surface area contributed by atoms with E-state index in [2.05, 4.69) is 32.9 Å². The first kappa shape index (κ1) is 11.2. The fourth-order valence-electron chi connectivity index (χ4n) is 2.33. The van der Waals surface area contributed by atoms with Gasteiger partial charge in [0.1, 0.15) is 0 Å². The molecule has 0 saturated carbocycles. The summed E-state index contributed by atoms with van der Waals surface area (Å²) in [4.78, 5) is 14.1. The lowest BCUT2D eigenvalue weighted by atomic mass is 10.2. The van der Waals surface area contributed by atoms with Gasteiger partial charge in [-0.1, -0.05) is 27.2 Å². The summed E-state index contributed by atoms with van der Waals surface area (Å²) in [6, 6.07) is 4.34. The third-order valence-electron chi connectivity index (χ3n) is 2.95. The Morgan fingerprint density at radius 1 is 1.38 bits per heavy atom. The van der Waals surface area contributed by atoms with Crippen LogP contribution in [0.3, 0.4) is 0 Å². The molecule has 0 aromatic carbocycles. The Kier molecular flexibility index (Phi) is 3.03. The number of aromatic nitrogens is 1. The van der Waals surface area contributed by atoms with Crippen molar-refractivity contribution in [3.05, 3.63) is 23.5 Å². The largest absolute Gasteiger partial charge is 0.329 e. The zero-order valence-electron chi connectivity index (χ0n) is 10.4. The van der Waals surface area contributed by atoms with Gasteiger partial charge in [-0.15, -0.1) is 0 Å². The molecule has 1 amide bonds. The van der Waals surface area contributed by atoms with E-state index in [9.17, 15) is 4.79 Å². The molecule has 0 unspecified atom stereocenters. The highest BCUT2D eigenvalue weighted by Gasteiger charge is 2.28. The molecule has 1 aromatic rings. The molecular weight excluding hydrogens is 200 g/mol. The molecule has 0 N–H and O–H groups in total. The van der Waals surface area contributed by atoms with Crippen LogP contribution in [0.1, 0.15) is 38.6 Å². The molecule has 0 bridgehead atoms. The van der Waals surface area contributed by atoms with Crippen molar-refractivity contribution in [3.8, 4) is 0 Å². The van der Waals surface area contributed by atoms with E-state index in [-0.39, 0.29) is 6.03 Å². The SMILES string of the molecule is CCCc1ccc2n1C(=O)N(CC(C)C)C2. The molecule has 0 saturated heterocycles. The maximum atomic E-state index is 12.2.